The lowest BCUT2D eigenvalue weighted by Gasteiger charge is -2.36. The first-order chi connectivity index (χ1) is 8.66. The van der Waals surface area contributed by atoms with Crippen molar-refractivity contribution < 1.29 is 9.53 Å². The first-order valence-corrected chi connectivity index (χ1v) is 7.58. The van der Waals surface area contributed by atoms with Gasteiger partial charge in [-0.2, -0.15) is 0 Å². The summed E-state index contributed by atoms with van der Waals surface area (Å²) in [6, 6.07) is 0. The van der Waals surface area contributed by atoms with Crippen LogP contribution in [-0.2, 0) is 9.53 Å². The number of hydrogen-bond donors (Lipinski definition) is 1. The molecule has 3 nitrogen and oxygen atoms in total. The molecule has 1 N–H and O–H groups in total. The van der Waals surface area contributed by atoms with E-state index in [0.29, 0.717) is 0 Å². The first kappa shape index (κ1) is 13.9. The van der Waals surface area contributed by atoms with E-state index in [0.717, 1.165) is 51.1 Å². The van der Waals surface area contributed by atoms with Crippen LogP contribution in [0.1, 0.15) is 58.8 Å². The van der Waals surface area contributed by atoms with E-state index in [2.05, 4.69) is 19.2 Å². The predicted molar refractivity (Wildman–Crippen MR) is 72.3 cm³/mol. The molecule has 2 fully saturated rings. The lowest BCUT2D eigenvalue weighted by atomic mass is 9.76. The van der Waals surface area contributed by atoms with Crippen molar-refractivity contribution in [2.75, 3.05) is 13.1 Å². The van der Waals surface area contributed by atoms with Gasteiger partial charge in [-0.05, 0) is 64.0 Å². The molecule has 0 aromatic heterocycles. The summed E-state index contributed by atoms with van der Waals surface area (Å²) in [5.41, 5.74) is -0.200. The predicted octanol–water partition coefficient (Wildman–Crippen LogP) is 2.89. The highest BCUT2D eigenvalue weighted by molar-refractivity contribution is 5.77. The van der Waals surface area contributed by atoms with Gasteiger partial charge in [0.2, 0.25) is 0 Å². The zero-order valence-electron chi connectivity index (χ0n) is 11.8. The number of carbonyl (C=O) groups excluding carboxylic acids is 1. The third kappa shape index (κ3) is 3.05. The zero-order valence-corrected chi connectivity index (χ0v) is 11.8. The molecular weight excluding hydrogens is 226 g/mol. The number of esters is 1. The lowest BCUT2D eigenvalue weighted by molar-refractivity contribution is -0.165. The number of hydrogen-bond acceptors (Lipinski definition) is 3. The second-order valence-corrected chi connectivity index (χ2v) is 6.17. The molecule has 2 aliphatic rings. The van der Waals surface area contributed by atoms with E-state index in [1.807, 2.05) is 0 Å². The molecule has 1 heterocycles. The molecule has 0 bridgehead atoms. The van der Waals surface area contributed by atoms with Gasteiger partial charge in [-0.25, -0.2) is 0 Å². The Morgan fingerprint density at radius 2 is 1.83 bits per heavy atom. The number of piperidine rings is 1. The molecule has 3 heteroatoms. The summed E-state index contributed by atoms with van der Waals surface area (Å²) >= 11 is 0. The topological polar surface area (TPSA) is 38.3 Å². The second kappa shape index (κ2) is 6.05. The molecule has 0 radical (unpaired) electrons. The van der Waals surface area contributed by atoms with Crippen molar-refractivity contribution in [1.82, 2.24) is 5.32 Å². The second-order valence-electron chi connectivity index (χ2n) is 6.17. The molecule has 0 amide bonds. The Balaban J connectivity index is 1.89. The number of rotatable bonds is 3. The average Bonchev–Trinajstić information content (AvgIpc) is 2.42. The van der Waals surface area contributed by atoms with E-state index in [-0.39, 0.29) is 17.5 Å². The summed E-state index contributed by atoms with van der Waals surface area (Å²) in [5, 5.41) is 3.33. The van der Waals surface area contributed by atoms with Gasteiger partial charge < -0.3 is 10.1 Å². The van der Waals surface area contributed by atoms with Crippen LogP contribution >= 0.6 is 0 Å². The summed E-state index contributed by atoms with van der Waals surface area (Å²) in [7, 11) is 0. The van der Waals surface area contributed by atoms with Gasteiger partial charge in [0, 0.05) is 0 Å². The molecule has 1 saturated heterocycles. The van der Waals surface area contributed by atoms with Gasteiger partial charge in [0.25, 0.3) is 0 Å². The van der Waals surface area contributed by atoms with Crippen LogP contribution in [0.3, 0.4) is 0 Å². The van der Waals surface area contributed by atoms with E-state index < -0.39 is 0 Å². The van der Waals surface area contributed by atoms with E-state index in [1.165, 1.54) is 12.8 Å². The van der Waals surface area contributed by atoms with Gasteiger partial charge in [0.15, 0.2) is 0 Å². The van der Waals surface area contributed by atoms with Crippen LogP contribution in [0.5, 0.6) is 0 Å². The Morgan fingerprint density at radius 1 is 1.22 bits per heavy atom. The van der Waals surface area contributed by atoms with E-state index >= 15 is 0 Å². The maximum Gasteiger partial charge on any atom is 0.312 e. The highest BCUT2D eigenvalue weighted by atomic mass is 16.5. The van der Waals surface area contributed by atoms with E-state index in [4.69, 9.17) is 4.74 Å². The highest BCUT2D eigenvalue weighted by Crippen LogP contribution is 2.36. The molecule has 0 spiro atoms. The van der Waals surface area contributed by atoms with Crippen molar-refractivity contribution in [1.29, 1.82) is 0 Å². The minimum absolute atomic E-state index is 0.0750. The molecule has 104 valence electrons. The quantitative estimate of drug-likeness (QED) is 0.786. The molecule has 1 saturated carbocycles. The van der Waals surface area contributed by atoms with Crippen molar-refractivity contribution in [3.63, 3.8) is 0 Å². The van der Waals surface area contributed by atoms with Crippen LogP contribution in [0.2, 0.25) is 0 Å². The van der Waals surface area contributed by atoms with Gasteiger partial charge in [0.1, 0.15) is 6.10 Å². The van der Waals surface area contributed by atoms with Crippen LogP contribution in [0.25, 0.3) is 0 Å². The van der Waals surface area contributed by atoms with Gasteiger partial charge in [-0.15, -0.1) is 0 Å². The van der Waals surface area contributed by atoms with Gasteiger partial charge >= 0.3 is 5.97 Å². The summed E-state index contributed by atoms with van der Waals surface area (Å²) in [4.78, 5) is 12.5. The maximum atomic E-state index is 12.5. The maximum absolute atomic E-state index is 12.5. The Hall–Kier alpha value is -0.570. The smallest absolute Gasteiger partial charge is 0.312 e. The Morgan fingerprint density at radius 3 is 2.39 bits per heavy atom. The van der Waals surface area contributed by atoms with Gasteiger partial charge in [0.05, 0.1) is 5.41 Å². The van der Waals surface area contributed by atoms with Crippen molar-refractivity contribution in [3.05, 3.63) is 0 Å². The molecule has 0 unspecified atom stereocenters. The standard InChI is InChI=1S/C15H27NO2/c1-3-15(8-10-16-11-9-15)14(17)18-13-6-4-12(2)5-7-13/h12-13,16H,3-11H2,1-2H3. The monoisotopic (exact) mass is 253 g/mol. The summed E-state index contributed by atoms with van der Waals surface area (Å²) in [5.74, 6) is 0.880. The van der Waals surface area contributed by atoms with Crippen LogP contribution in [0, 0.1) is 11.3 Å². The molecular formula is C15H27NO2. The van der Waals surface area contributed by atoms with Crippen LogP contribution in [0.4, 0.5) is 0 Å². The summed E-state index contributed by atoms with van der Waals surface area (Å²) in [6.45, 7) is 6.31. The molecule has 2 rings (SSSR count). The molecule has 0 aromatic rings. The van der Waals surface area contributed by atoms with Crippen LogP contribution in [-0.4, -0.2) is 25.2 Å². The number of ether oxygens (including phenoxy) is 1. The zero-order chi connectivity index (χ0) is 13.0. The van der Waals surface area contributed by atoms with Crippen LogP contribution in [0.15, 0.2) is 0 Å². The van der Waals surface area contributed by atoms with Gasteiger partial charge in [-0.3, -0.25) is 4.79 Å². The third-order valence-corrected chi connectivity index (χ3v) is 4.91. The molecule has 18 heavy (non-hydrogen) atoms. The SMILES string of the molecule is CCC1(C(=O)OC2CCC(C)CC2)CCNCC1. The fourth-order valence-corrected chi connectivity index (χ4v) is 3.23. The van der Waals surface area contributed by atoms with Crippen molar-refractivity contribution in [2.24, 2.45) is 11.3 Å². The van der Waals surface area contributed by atoms with Crippen molar-refractivity contribution in [2.45, 2.75) is 64.9 Å². The Kier molecular flexibility index (Phi) is 4.66. The number of carbonyl (C=O) groups is 1. The molecule has 1 aliphatic carbocycles. The molecule has 0 atom stereocenters. The Labute approximate surface area is 111 Å². The van der Waals surface area contributed by atoms with Gasteiger partial charge in [-0.1, -0.05) is 13.8 Å². The summed E-state index contributed by atoms with van der Waals surface area (Å²) < 4.78 is 5.81. The highest BCUT2D eigenvalue weighted by Gasteiger charge is 2.40. The summed E-state index contributed by atoms with van der Waals surface area (Å²) in [6.07, 6.45) is 7.51. The molecule has 0 aromatic carbocycles. The van der Waals surface area contributed by atoms with Crippen molar-refractivity contribution >= 4 is 5.97 Å². The van der Waals surface area contributed by atoms with Crippen LogP contribution < -0.4 is 5.32 Å². The molecule has 1 aliphatic heterocycles. The van der Waals surface area contributed by atoms with E-state index in [1.54, 1.807) is 0 Å². The van der Waals surface area contributed by atoms with Crippen molar-refractivity contribution in [3.8, 4) is 0 Å². The first-order valence-electron chi connectivity index (χ1n) is 7.58. The average molecular weight is 253 g/mol. The minimum atomic E-state index is -0.200. The van der Waals surface area contributed by atoms with E-state index in [9.17, 15) is 4.79 Å². The Bertz CT molecular complexity index is 276. The minimum Gasteiger partial charge on any atom is -0.462 e. The normalized spacial score (nSPS) is 31.9. The largest absolute Gasteiger partial charge is 0.462 e. The fraction of sp³-hybridized carbons (Fsp3) is 0.933. The lowest BCUT2D eigenvalue weighted by Crippen LogP contribution is -2.44. The fourth-order valence-electron chi connectivity index (χ4n) is 3.23. The number of nitrogens with one attached hydrogen (secondary N) is 1. The third-order valence-electron chi connectivity index (χ3n) is 4.91.